The Morgan fingerprint density at radius 2 is 1.72 bits per heavy atom. The number of methoxy groups -OCH3 is 1. The van der Waals surface area contributed by atoms with Crippen molar-refractivity contribution < 1.29 is 66.7 Å². The van der Waals surface area contributed by atoms with Gasteiger partial charge in [-0.25, -0.2) is 18.4 Å². The molecule has 0 radical (unpaired) electrons. The van der Waals surface area contributed by atoms with Crippen LogP contribution in [0, 0.1) is 28.6 Å². The summed E-state index contributed by atoms with van der Waals surface area (Å²) in [5.74, 6) is -4.84. The highest BCUT2D eigenvalue weighted by atomic mass is 19.1. The Kier molecular flexibility index (Phi) is 13.4. The molecule has 57 heavy (non-hydrogen) atoms. The summed E-state index contributed by atoms with van der Waals surface area (Å²) in [6.45, 7) is 8.22. The van der Waals surface area contributed by atoms with Crippen LogP contribution < -0.4 is 9.47 Å². The molecule has 12 nitrogen and oxygen atoms in total. The van der Waals surface area contributed by atoms with Crippen LogP contribution in [0.1, 0.15) is 109 Å². The highest BCUT2D eigenvalue weighted by Gasteiger charge is 2.79. The number of ether oxygens (including phenoxy) is 5. The number of ketones is 2. The van der Waals surface area contributed by atoms with Crippen molar-refractivity contribution >= 4 is 29.7 Å². The van der Waals surface area contributed by atoms with E-state index in [-0.39, 0.29) is 42.1 Å². The molecule has 3 fully saturated rings. The van der Waals surface area contributed by atoms with Crippen LogP contribution in [0.15, 0.2) is 42.0 Å². The SMILES string of the molecule is CCCCC(=O)OC1(C(=O)COC(=O)Oc2ccc(C(=O)OCCCCC(C)CC)cc2OC)C(O)CC2C3CC(F)C4=CC(=O)C=CC4(C)C3(F)C(O)CC21C. The maximum atomic E-state index is 17.7. The van der Waals surface area contributed by atoms with E-state index < -0.39 is 101 Å². The number of esters is 2. The Bertz CT molecular complexity index is 1780. The lowest BCUT2D eigenvalue weighted by atomic mass is 9.44. The predicted octanol–water partition coefficient (Wildman–Crippen LogP) is 6.91. The van der Waals surface area contributed by atoms with Gasteiger partial charge < -0.3 is 33.9 Å². The average Bonchev–Trinajstić information content (AvgIpc) is 3.39. The summed E-state index contributed by atoms with van der Waals surface area (Å²) >= 11 is 0. The van der Waals surface area contributed by atoms with Crippen molar-refractivity contribution in [2.24, 2.45) is 28.6 Å². The van der Waals surface area contributed by atoms with Crippen molar-refractivity contribution in [1.29, 1.82) is 0 Å². The molecule has 5 rings (SSSR count). The summed E-state index contributed by atoms with van der Waals surface area (Å²) in [5.41, 5.74) is -8.28. The first-order valence-electron chi connectivity index (χ1n) is 20.0. The molecule has 4 aliphatic carbocycles. The van der Waals surface area contributed by atoms with Crippen LogP contribution >= 0.6 is 0 Å². The van der Waals surface area contributed by atoms with E-state index in [4.69, 9.17) is 23.7 Å². The van der Waals surface area contributed by atoms with Gasteiger partial charge >= 0.3 is 18.1 Å². The van der Waals surface area contributed by atoms with Gasteiger partial charge in [0.15, 0.2) is 29.6 Å². The molecule has 3 saturated carbocycles. The fourth-order valence-corrected chi connectivity index (χ4v) is 9.78. The lowest BCUT2D eigenvalue weighted by Crippen LogP contribution is -2.71. The van der Waals surface area contributed by atoms with Crippen LogP contribution in [0.4, 0.5) is 13.6 Å². The second-order valence-electron chi connectivity index (χ2n) is 16.5. The Balaban J connectivity index is 1.35. The number of Topliss-reactive ketones (excluding diaryl/α,β-unsaturated/α-hetero) is 1. The predicted molar refractivity (Wildman–Crippen MR) is 202 cm³/mol. The molecule has 0 heterocycles. The Labute approximate surface area is 332 Å². The van der Waals surface area contributed by atoms with Crippen molar-refractivity contribution in [3.8, 4) is 11.5 Å². The van der Waals surface area contributed by atoms with Gasteiger partial charge in [-0.3, -0.25) is 14.4 Å². The normalized spacial score (nSPS) is 33.2. The fraction of sp³-hybridized carbons (Fsp3) is 0.651. The van der Waals surface area contributed by atoms with E-state index in [0.29, 0.717) is 25.2 Å². The number of rotatable bonds is 16. The molecule has 2 N–H and O–H groups in total. The zero-order chi connectivity index (χ0) is 41.9. The van der Waals surface area contributed by atoms with Gasteiger partial charge in [-0.1, -0.05) is 53.0 Å². The number of hydrogen-bond donors (Lipinski definition) is 2. The Morgan fingerprint density at radius 3 is 2.40 bits per heavy atom. The summed E-state index contributed by atoms with van der Waals surface area (Å²) in [7, 11) is 1.29. The quantitative estimate of drug-likeness (QED) is 0.0767. The first kappa shape index (κ1) is 43.9. The second-order valence-corrected chi connectivity index (χ2v) is 16.5. The molecule has 4 aliphatic rings. The third-order valence-corrected chi connectivity index (χ3v) is 13.2. The van der Waals surface area contributed by atoms with E-state index in [1.807, 2.05) is 6.92 Å². The third-order valence-electron chi connectivity index (χ3n) is 13.2. The molecule has 0 amide bonds. The Morgan fingerprint density at radius 1 is 0.982 bits per heavy atom. The van der Waals surface area contributed by atoms with Crippen LogP contribution in [0.3, 0.4) is 0 Å². The number of carbonyl (C=O) groups excluding carboxylic acids is 5. The zero-order valence-corrected chi connectivity index (χ0v) is 33.6. The molecule has 0 aromatic heterocycles. The van der Waals surface area contributed by atoms with Gasteiger partial charge in [0.05, 0.1) is 25.4 Å². The molecule has 14 heteroatoms. The van der Waals surface area contributed by atoms with E-state index in [0.717, 1.165) is 31.4 Å². The molecule has 1 aromatic rings. The number of hydrogen-bond acceptors (Lipinski definition) is 12. The molecule has 0 bridgehead atoms. The third kappa shape index (κ3) is 7.88. The van der Waals surface area contributed by atoms with Crippen molar-refractivity contribution in [1.82, 2.24) is 0 Å². The minimum atomic E-state index is -2.52. The summed E-state index contributed by atoms with van der Waals surface area (Å²) in [4.78, 5) is 65.6. The van der Waals surface area contributed by atoms with E-state index in [9.17, 15) is 34.2 Å². The maximum absolute atomic E-state index is 17.7. The summed E-state index contributed by atoms with van der Waals surface area (Å²) in [6, 6.07) is 3.98. The first-order valence-corrected chi connectivity index (χ1v) is 20.0. The van der Waals surface area contributed by atoms with Crippen LogP contribution in [0.25, 0.3) is 0 Å². The van der Waals surface area contributed by atoms with Crippen LogP contribution in [0.5, 0.6) is 11.5 Å². The molecule has 10 atom stereocenters. The smallest absolute Gasteiger partial charge is 0.493 e. The number of unbranched alkanes of at least 4 members (excludes halogenated alkanes) is 2. The van der Waals surface area contributed by atoms with Gasteiger partial charge in [-0.15, -0.1) is 0 Å². The molecule has 314 valence electrons. The lowest BCUT2D eigenvalue weighted by molar-refractivity contribution is -0.234. The first-order chi connectivity index (χ1) is 26.9. The summed E-state index contributed by atoms with van der Waals surface area (Å²) < 4.78 is 60.9. The standard InChI is InChI=1S/C43H56F2O12/c1-7-9-13-37(50)57-43(34(47)22-28-29-21-31(44)30-20-27(46)16-17-40(30,4)42(29,45)35(48)23-41(28,43)5)36(49)24-55-39(52)56-32-15-14-26(19-33(32)53-6)38(51)54-18-11-10-12-25(3)8-2/h14-17,19-20,25,28-29,31,34-35,47-48H,7-13,18,21-24H2,1-6H3. The number of aliphatic hydroxyl groups excluding tert-OH is 2. The monoisotopic (exact) mass is 802 g/mol. The van der Waals surface area contributed by atoms with Crippen molar-refractivity contribution in [3.05, 3.63) is 47.6 Å². The van der Waals surface area contributed by atoms with Gasteiger partial charge in [-0.05, 0) is 93.2 Å². The second kappa shape index (κ2) is 17.4. The molecule has 1 aromatic carbocycles. The molecular weight excluding hydrogens is 746 g/mol. The summed E-state index contributed by atoms with van der Waals surface area (Å²) in [5, 5.41) is 23.6. The van der Waals surface area contributed by atoms with E-state index in [1.54, 1.807) is 0 Å². The highest BCUT2D eigenvalue weighted by molar-refractivity contribution is 6.01. The van der Waals surface area contributed by atoms with Crippen molar-refractivity contribution in [3.63, 3.8) is 0 Å². The number of halogens is 2. The van der Waals surface area contributed by atoms with Crippen LogP contribution in [-0.2, 0) is 28.6 Å². The maximum Gasteiger partial charge on any atom is 0.514 e. The minimum Gasteiger partial charge on any atom is -0.493 e. The summed E-state index contributed by atoms with van der Waals surface area (Å²) in [6.07, 6.45) is 0.0646. The average molecular weight is 803 g/mol. The van der Waals surface area contributed by atoms with Gasteiger partial charge in [-0.2, -0.15) is 0 Å². The molecule has 0 aliphatic heterocycles. The van der Waals surface area contributed by atoms with Crippen LogP contribution in [0.2, 0.25) is 0 Å². The van der Waals surface area contributed by atoms with Gasteiger partial charge in [0.2, 0.25) is 11.4 Å². The number of alkyl halides is 2. The van der Waals surface area contributed by atoms with Crippen molar-refractivity contribution in [2.75, 3.05) is 20.3 Å². The molecule has 10 unspecified atom stereocenters. The van der Waals surface area contributed by atoms with Gasteiger partial charge in [0.1, 0.15) is 12.3 Å². The van der Waals surface area contributed by atoms with Gasteiger partial charge in [0.25, 0.3) is 0 Å². The van der Waals surface area contributed by atoms with E-state index in [2.05, 4.69) is 13.8 Å². The Hall–Kier alpha value is -4.17. The number of fused-ring (bicyclic) bond motifs is 5. The fourth-order valence-electron chi connectivity index (χ4n) is 9.78. The molecular formula is C43H56F2O12. The molecule has 0 saturated heterocycles. The topological polar surface area (TPSA) is 172 Å². The number of allylic oxidation sites excluding steroid dienone is 4. The van der Waals surface area contributed by atoms with Gasteiger partial charge in [0, 0.05) is 23.2 Å². The number of aliphatic hydroxyl groups is 2. The number of carbonyl (C=O) groups is 5. The van der Waals surface area contributed by atoms with Crippen LogP contribution in [-0.4, -0.2) is 89.8 Å². The lowest BCUT2D eigenvalue weighted by Gasteiger charge is -2.63. The molecule has 0 spiro atoms. The minimum absolute atomic E-state index is 0.0131. The zero-order valence-electron chi connectivity index (χ0n) is 33.6. The highest BCUT2D eigenvalue weighted by Crippen LogP contribution is 2.70. The van der Waals surface area contributed by atoms with Crippen molar-refractivity contribution in [2.45, 2.75) is 128 Å². The number of benzene rings is 1. The van der Waals surface area contributed by atoms with E-state index in [1.165, 1.54) is 45.2 Å². The largest absolute Gasteiger partial charge is 0.514 e. The van der Waals surface area contributed by atoms with E-state index >= 15 is 8.78 Å².